The summed E-state index contributed by atoms with van der Waals surface area (Å²) in [5, 5.41) is 0. The van der Waals surface area contributed by atoms with Crippen LogP contribution in [0.1, 0.15) is 30.5 Å². The van der Waals surface area contributed by atoms with Crippen molar-refractivity contribution >= 4 is 5.82 Å². The Kier molecular flexibility index (Phi) is 3.47. The summed E-state index contributed by atoms with van der Waals surface area (Å²) in [6.45, 7) is 4.17. The predicted molar refractivity (Wildman–Crippen MR) is 60.5 cm³/mol. The number of anilines is 1. The Hall–Kier alpha value is -1.09. The van der Waals surface area contributed by atoms with Crippen LogP contribution in [0.5, 0.6) is 0 Å². The molecule has 78 valence electrons. The van der Waals surface area contributed by atoms with Crippen LogP contribution < -0.4 is 10.6 Å². The molecule has 0 amide bonds. The molecule has 3 nitrogen and oxygen atoms in total. The maximum Gasteiger partial charge on any atom is 0.128 e. The van der Waals surface area contributed by atoms with Gasteiger partial charge in [-0.2, -0.15) is 0 Å². The Balaban J connectivity index is 3.01. The topological polar surface area (TPSA) is 42.1 Å². The number of rotatable bonds is 3. The number of hydrogen-bond donors (Lipinski definition) is 1. The SMILES string of the molecule is CC[C@H](N)c1cnc(N(C)C)cc1C. The summed E-state index contributed by atoms with van der Waals surface area (Å²) in [7, 11) is 3.97. The van der Waals surface area contributed by atoms with Crippen molar-refractivity contribution in [2.75, 3.05) is 19.0 Å². The second-order valence-electron chi connectivity index (χ2n) is 3.81. The number of hydrogen-bond acceptors (Lipinski definition) is 3. The number of aryl methyl sites for hydroxylation is 1. The van der Waals surface area contributed by atoms with Gasteiger partial charge < -0.3 is 10.6 Å². The Morgan fingerprint density at radius 1 is 1.50 bits per heavy atom. The van der Waals surface area contributed by atoms with E-state index in [4.69, 9.17) is 5.73 Å². The number of nitrogens with zero attached hydrogens (tertiary/aromatic N) is 2. The summed E-state index contributed by atoms with van der Waals surface area (Å²) < 4.78 is 0. The Labute approximate surface area is 85.9 Å². The fraction of sp³-hybridized carbons (Fsp3) is 0.545. The molecule has 1 aromatic heterocycles. The molecule has 0 bridgehead atoms. The lowest BCUT2D eigenvalue weighted by Gasteiger charge is -2.16. The lowest BCUT2D eigenvalue weighted by atomic mass is 10.0. The third kappa shape index (κ3) is 2.23. The largest absolute Gasteiger partial charge is 0.363 e. The molecule has 0 spiro atoms. The van der Waals surface area contributed by atoms with Gasteiger partial charge in [-0.1, -0.05) is 6.92 Å². The Morgan fingerprint density at radius 2 is 2.14 bits per heavy atom. The van der Waals surface area contributed by atoms with E-state index in [1.54, 1.807) is 0 Å². The molecule has 0 aliphatic heterocycles. The average molecular weight is 193 g/mol. The maximum absolute atomic E-state index is 5.97. The van der Waals surface area contributed by atoms with E-state index >= 15 is 0 Å². The Bertz CT molecular complexity index is 307. The molecular formula is C11H19N3. The minimum absolute atomic E-state index is 0.110. The summed E-state index contributed by atoms with van der Waals surface area (Å²) in [5.41, 5.74) is 8.34. The zero-order valence-corrected chi connectivity index (χ0v) is 9.41. The lowest BCUT2D eigenvalue weighted by molar-refractivity contribution is 0.690. The van der Waals surface area contributed by atoms with Crippen LogP contribution in [0.25, 0.3) is 0 Å². The Morgan fingerprint density at radius 3 is 2.57 bits per heavy atom. The molecule has 2 N–H and O–H groups in total. The van der Waals surface area contributed by atoms with E-state index in [0.717, 1.165) is 17.8 Å². The molecule has 0 fully saturated rings. The minimum atomic E-state index is 0.110. The van der Waals surface area contributed by atoms with Crippen LogP contribution in [0.4, 0.5) is 5.82 Å². The lowest BCUT2D eigenvalue weighted by Crippen LogP contribution is -2.14. The van der Waals surface area contributed by atoms with Gasteiger partial charge in [0.2, 0.25) is 0 Å². The predicted octanol–water partition coefficient (Wildman–Crippen LogP) is 1.87. The summed E-state index contributed by atoms with van der Waals surface area (Å²) in [4.78, 5) is 6.35. The van der Waals surface area contributed by atoms with Crippen molar-refractivity contribution in [3.05, 3.63) is 23.4 Å². The van der Waals surface area contributed by atoms with Crippen molar-refractivity contribution in [2.45, 2.75) is 26.3 Å². The van der Waals surface area contributed by atoms with Gasteiger partial charge in [0, 0.05) is 26.3 Å². The first-order valence-electron chi connectivity index (χ1n) is 4.95. The van der Waals surface area contributed by atoms with E-state index in [2.05, 4.69) is 24.9 Å². The van der Waals surface area contributed by atoms with Gasteiger partial charge in [-0.15, -0.1) is 0 Å². The summed E-state index contributed by atoms with van der Waals surface area (Å²) in [5.74, 6) is 0.981. The highest BCUT2D eigenvalue weighted by Crippen LogP contribution is 2.20. The molecule has 0 aliphatic rings. The van der Waals surface area contributed by atoms with Gasteiger partial charge in [-0.25, -0.2) is 4.98 Å². The number of pyridine rings is 1. The van der Waals surface area contributed by atoms with Gasteiger partial charge in [0.25, 0.3) is 0 Å². The van der Waals surface area contributed by atoms with Gasteiger partial charge in [0.05, 0.1) is 0 Å². The van der Waals surface area contributed by atoms with Crippen LogP contribution in [0.3, 0.4) is 0 Å². The standard InChI is InChI=1S/C11H19N3/c1-5-10(12)9-7-13-11(14(3)4)6-8(9)2/h6-7,10H,5,12H2,1-4H3/t10-/m0/s1. The van der Waals surface area contributed by atoms with Gasteiger partial charge in [0.15, 0.2) is 0 Å². The molecule has 0 radical (unpaired) electrons. The molecule has 0 aromatic carbocycles. The van der Waals surface area contributed by atoms with Crippen molar-refractivity contribution in [1.82, 2.24) is 4.98 Å². The van der Waals surface area contributed by atoms with Crippen molar-refractivity contribution in [2.24, 2.45) is 5.73 Å². The molecular weight excluding hydrogens is 174 g/mol. The highest BCUT2D eigenvalue weighted by Gasteiger charge is 2.08. The van der Waals surface area contributed by atoms with Crippen molar-refractivity contribution in [3.8, 4) is 0 Å². The molecule has 0 saturated carbocycles. The number of nitrogens with two attached hydrogens (primary N) is 1. The zero-order chi connectivity index (χ0) is 10.7. The highest BCUT2D eigenvalue weighted by molar-refractivity contribution is 5.42. The molecule has 14 heavy (non-hydrogen) atoms. The van der Waals surface area contributed by atoms with Crippen LogP contribution in [0, 0.1) is 6.92 Å². The molecule has 1 heterocycles. The summed E-state index contributed by atoms with van der Waals surface area (Å²) >= 11 is 0. The normalized spacial score (nSPS) is 12.6. The second kappa shape index (κ2) is 4.42. The van der Waals surface area contributed by atoms with E-state index in [1.807, 2.05) is 25.2 Å². The van der Waals surface area contributed by atoms with Crippen LogP contribution in [-0.4, -0.2) is 19.1 Å². The minimum Gasteiger partial charge on any atom is -0.363 e. The third-order valence-corrected chi connectivity index (χ3v) is 2.43. The second-order valence-corrected chi connectivity index (χ2v) is 3.81. The molecule has 3 heteroatoms. The van der Waals surface area contributed by atoms with E-state index in [1.165, 1.54) is 5.56 Å². The van der Waals surface area contributed by atoms with Crippen LogP contribution in [0.2, 0.25) is 0 Å². The fourth-order valence-corrected chi connectivity index (χ4v) is 1.40. The van der Waals surface area contributed by atoms with Gasteiger partial charge in [-0.05, 0) is 30.5 Å². The molecule has 1 atom stereocenters. The number of aromatic nitrogens is 1. The maximum atomic E-state index is 5.97. The molecule has 0 saturated heterocycles. The van der Waals surface area contributed by atoms with Crippen molar-refractivity contribution in [1.29, 1.82) is 0 Å². The third-order valence-electron chi connectivity index (χ3n) is 2.43. The quantitative estimate of drug-likeness (QED) is 0.796. The van der Waals surface area contributed by atoms with Gasteiger partial charge >= 0.3 is 0 Å². The van der Waals surface area contributed by atoms with E-state index in [9.17, 15) is 0 Å². The molecule has 0 unspecified atom stereocenters. The van der Waals surface area contributed by atoms with Crippen molar-refractivity contribution in [3.63, 3.8) is 0 Å². The van der Waals surface area contributed by atoms with Crippen LogP contribution in [0.15, 0.2) is 12.3 Å². The highest BCUT2D eigenvalue weighted by atomic mass is 15.1. The molecule has 0 aliphatic carbocycles. The molecule has 1 aromatic rings. The van der Waals surface area contributed by atoms with E-state index in [-0.39, 0.29) is 6.04 Å². The van der Waals surface area contributed by atoms with Gasteiger partial charge in [-0.3, -0.25) is 0 Å². The van der Waals surface area contributed by atoms with Gasteiger partial charge in [0.1, 0.15) is 5.82 Å². The van der Waals surface area contributed by atoms with E-state index in [0.29, 0.717) is 0 Å². The summed E-state index contributed by atoms with van der Waals surface area (Å²) in [6, 6.07) is 2.18. The first kappa shape index (κ1) is 11.0. The monoisotopic (exact) mass is 193 g/mol. The zero-order valence-electron chi connectivity index (χ0n) is 9.41. The van der Waals surface area contributed by atoms with E-state index < -0.39 is 0 Å². The van der Waals surface area contributed by atoms with Crippen LogP contribution >= 0.6 is 0 Å². The fourth-order valence-electron chi connectivity index (χ4n) is 1.40. The summed E-state index contributed by atoms with van der Waals surface area (Å²) in [6.07, 6.45) is 2.84. The first-order valence-corrected chi connectivity index (χ1v) is 4.95. The molecule has 1 rings (SSSR count). The average Bonchev–Trinajstić information content (AvgIpc) is 2.16. The van der Waals surface area contributed by atoms with Crippen molar-refractivity contribution < 1.29 is 0 Å². The van der Waals surface area contributed by atoms with Crippen LogP contribution in [-0.2, 0) is 0 Å². The smallest absolute Gasteiger partial charge is 0.128 e. The first-order chi connectivity index (χ1) is 6.56.